The molecule has 0 amide bonds. The number of anilines is 2. The van der Waals surface area contributed by atoms with Crippen LogP contribution >= 0.6 is 11.4 Å². The zero-order valence-corrected chi connectivity index (χ0v) is 10.8. The number of benzene rings is 2. The van der Waals surface area contributed by atoms with Gasteiger partial charge in [0.25, 0.3) is 0 Å². The van der Waals surface area contributed by atoms with Crippen LogP contribution in [0.3, 0.4) is 0 Å². The molecule has 3 rings (SSSR count). The number of hydrogen-bond acceptors (Lipinski definition) is 1. The molecule has 19 heavy (non-hydrogen) atoms. The van der Waals surface area contributed by atoms with Gasteiger partial charge in [0.05, 0.1) is 11.4 Å². The van der Waals surface area contributed by atoms with Crippen molar-refractivity contribution in [2.24, 2.45) is 0 Å². The molecule has 1 aliphatic rings. The Balaban J connectivity index is 2.25. The second kappa shape index (κ2) is 4.49. The van der Waals surface area contributed by atoms with Crippen molar-refractivity contribution in [3.63, 3.8) is 0 Å². The molecule has 2 aromatic carbocycles. The van der Waals surface area contributed by atoms with E-state index in [1.54, 1.807) is 48.5 Å². The van der Waals surface area contributed by atoms with E-state index in [-0.39, 0.29) is 11.4 Å². The molecular formula is C14H12F3NS. The van der Waals surface area contributed by atoms with Crippen LogP contribution in [-0.2, 0) is 12.8 Å². The summed E-state index contributed by atoms with van der Waals surface area (Å²) in [6.07, 6.45) is 1.28. The molecule has 5 heteroatoms. The molecule has 0 aliphatic carbocycles. The number of aryl methyl sites for hydroxylation is 2. The van der Waals surface area contributed by atoms with Crippen molar-refractivity contribution in [3.05, 3.63) is 59.7 Å². The molecule has 0 spiro atoms. The highest BCUT2D eigenvalue weighted by molar-refractivity contribution is 8.22. The Kier molecular flexibility index (Phi) is 2.93. The Morgan fingerprint density at radius 1 is 0.737 bits per heavy atom. The molecule has 0 unspecified atom stereocenters. The van der Waals surface area contributed by atoms with Crippen LogP contribution in [0.5, 0.6) is 0 Å². The van der Waals surface area contributed by atoms with E-state index in [1.165, 1.54) is 0 Å². The van der Waals surface area contributed by atoms with Gasteiger partial charge in [0.2, 0.25) is 0 Å². The fourth-order valence-electron chi connectivity index (χ4n) is 2.46. The van der Waals surface area contributed by atoms with Gasteiger partial charge < -0.3 is 0 Å². The molecule has 0 aromatic heterocycles. The van der Waals surface area contributed by atoms with Crippen molar-refractivity contribution in [1.82, 2.24) is 0 Å². The quantitative estimate of drug-likeness (QED) is 0.686. The number of para-hydroxylation sites is 2. The fourth-order valence-corrected chi connectivity index (χ4v) is 3.27. The van der Waals surface area contributed by atoms with Crippen molar-refractivity contribution in [1.29, 1.82) is 0 Å². The van der Waals surface area contributed by atoms with Crippen LogP contribution in [0, 0.1) is 0 Å². The SMILES string of the molecule is FS(F)(F)N1c2ccccc2CCc2ccccc21. The summed E-state index contributed by atoms with van der Waals surface area (Å²) < 4.78 is 41.0. The third-order valence-electron chi connectivity index (χ3n) is 3.29. The van der Waals surface area contributed by atoms with E-state index in [4.69, 9.17) is 0 Å². The van der Waals surface area contributed by atoms with Crippen molar-refractivity contribution in [2.45, 2.75) is 12.8 Å². The van der Waals surface area contributed by atoms with Gasteiger partial charge in [-0.25, -0.2) is 4.31 Å². The highest BCUT2D eigenvalue weighted by atomic mass is 32.3. The maximum absolute atomic E-state index is 13.5. The summed E-state index contributed by atoms with van der Waals surface area (Å²) in [5, 5.41) is 0. The van der Waals surface area contributed by atoms with Crippen molar-refractivity contribution in [2.75, 3.05) is 4.31 Å². The third kappa shape index (κ3) is 2.18. The average Bonchev–Trinajstić information content (AvgIpc) is 2.54. The second-order valence-corrected chi connectivity index (χ2v) is 5.56. The molecular weight excluding hydrogens is 271 g/mol. The monoisotopic (exact) mass is 283 g/mol. The molecule has 0 radical (unpaired) electrons. The summed E-state index contributed by atoms with van der Waals surface area (Å²) in [7, 11) is 0. The zero-order valence-electron chi connectivity index (χ0n) is 10.0. The summed E-state index contributed by atoms with van der Waals surface area (Å²) in [6.45, 7) is 0. The molecule has 0 bridgehead atoms. The van der Waals surface area contributed by atoms with Crippen molar-refractivity contribution < 1.29 is 11.7 Å². The first-order valence-corrected chi connectivity index (χ1v) is 7.25. The van der Waals surface area contributed by atoms with Gasteiger partial charge in [0, 0.05) is 0 Å². The summed E-state index contributed by atoms with van der Waals surface area (Å²) in [5.41, 5.74) is 2.05. The molecule has 1 heterocycles. The Hall–Kier alpha value is -1.62. The van der Waals surface area contributed by atoms with Gasteiger partial charge in [0.15, 0.2) is 0 Å². The predicted molar refractivity (Wildman–Crippen MR) is 73.3 cm³/mol. The van der Waals surface area contributed by atoms with E-state index in [0.29, 0.717) is 17.1 Å². The van der Waals surface area contributed by atoms with E-state index < -0.39 is 11.4 Å². The lowest BCUT2D eigenvalue weighted by Crippen LogP contribution is -2.15. The lowest BCUT2D eigenvalue weighted by molar-refractivity contribution is 0.633. The molecule has 100 valence electrons. The minimum atomic E-state index is -5.34. The predicted octanol–water partition coefficient (Wildman–Crippen LogP) is 5.30. The van der Waals surface area contributed by atoms with Crippen molar-refractivity contribution >= 4 is 22.7 Å². The normalized spacial score (nSPS) is 15.4. The Labute approximate surface area is 112 Å². The molecule has 0 atom stereocenters. The van der Waals surface area contributed by atoms with Crippen LogP contribution in [0.2, 0.25) is 0 Å². The van der Waals surface area contributed by atoms with Gasteiger partial charge in [-0.3, -0.25) is 0 Å². The van der Waals surface area contributed by atoms with Crippen LogP contribution in [0.1, 0.15) is 11.1 Å². The molecule has 2 aromatic rings. The summed E-state index contributed by atoms with van der Waals surface area (Å²) in [5.74, 6) is 0. The van der Waals surface area contributed by atoms with Gasteiger partial charge in [-0.15, -0.1) is 11.7 Å². The maximum atomic E-state index is 13.5. The van der Waals surface area contributed by atoms with E-state index in [0.717, 1.165) is 11.1 Å². The lowest BCUT2D eigenvalue weighted by Gasteiger charge is -2.30. The molecule has 0 N–H and O–H groups in total. The third-order valence-corrected chi connectivity index (χ3v) is 4.10. The highest BCUT2D eigenvalue weighted by Crippen LogP contribution is 2.63. The molecule has 0 fully saturated rings. The Morgan fingerprint density at radius 3 is 1.58 bits per heavy atom. The summed E-state index contributed by atoms with van der Waals surface area (Å²) in [6, 6.07) is 13.6. The number of fused-ring (bicyclic) bond motifs is 2. The minimum absolute atomic E-state index is 0.273. The summed E-state index contributed by atoms with van der Waals surface area (Å²) in [4.78, 5) is 0. The first-order valence-electron chi connectivity index (χ1n) is 5.95. The Bertz CT molecular complexity index is 562. The molecule has 0 saturated heterocycles. The molecule has 1 aliphatic heterocycles. The van der Waals surface area contributed by atoms with E-state index in [2.05, 4.69) is 0 Å². The van der Waals surface area contributed by atoms with Crippen LogP contribution < -0.4 is 4.31 Å². The van der Waals surface area contributed by atoms with E-state index >= 15 is 0 Å². The molecule has 0 saturated carbocycles. The average molecular weight is 283 g/mol. The zero-order chi connectivity index (χ0) is 13.5. The smallest absolute Gasteiger partial charge is 0.229 e. The van der Waals surface area contributed by atoms with Gasteiger partial charge in [-0.1, -0.05) is 36.4 Å². The first-order chi connectivity index (χ1) is 9.07. The topological polar surface area (TPSA) is 3.24 Å². The Morgan fingerprint density at radius 2 is 1.16 bits per heavy atom. The van der Waals surface area contributed by atoms with Gasteiger partial charge >= 0.3 is 11.4 Å². The van der Waals surface area contributed by atoms with Gasteiger partial charge in [-0.05, 0) is 36.1 Å². The minimum Gasteiger partial charge on any atom is -0.229 e. The van der Waals surface area contributed by atoms with Crippen molar-refractivity contribution in [3.8, 4) is 0 Å². The van der Waals surface area contributed by atoms with E-state index in [1.807, 2.05) is 0 Å². The summed E-state index contributed by atoms with van der Waals surface area (Å²) >= 11 is -5.34. The van der Waals surface area contributed by atoms with Gasteiger partial charge in [0.1, 0.15) is 0 Å². The van der Waals surface area contributed by atoms with Gasteiger partial charge in [-0.2, -0.15) is 0 Å². The highest BCUT2D eigenvalue weighted by Gasteiger charge is 2.36. The van der Waals surface area contributed by atoms with Crippen LogP contribution in [0.25, 0.3) is 0 Å². The number of rotatable bonds is 1. The lowest BCUT2D eigenvalue weighted by atomic mass is 10.0. The largest absolute Gasteiger partial charge is 0.306 e. The maximum Gasteiger partial charge on any atom is 0.306 e. The number of nitrogens with zero attached hydrogens (tertiary/aromatic N) is 1. The number of halogens is 3. The number of hydrogen-bond donors (Lipinski definition) is 0. The first kappa shape index (κ1) is 12.4. The fraction of sp³-hybridized carbons (Fsp3) is 0.143. The van der Waals surface area contributed by atoms with E-state index in [9.17, 15) is 11.7 Å². The molecule has 1 nitrogen and oxygen atoms in total. The van der Waals surface area contributed by atoms with Crippen LogP contribution in [-0.4, -0.2) is 0 Å². The van der Waals surface area contributed by atoms with Crippen LogP contribution in [0.15, 0.2) is 48.5 Å². The second-order valence-electron chi connectivity index (χ2n) is 4.43. The van der Waals surface area contributed by atoms with Crippen LogP contribution in [0.4, 0.5) is 23.0 Å². The standard InChI is InChI=1S/C14H12F3NS/c15-19(16,17)18-13-7-3-1-5-11(13)9-10-12-6-2-4-8-14(12)18/h1-8H,9-10H2.